The summed E-state index contributed by atoms with van der Waals surface area (Å²) in [5, 5.41) is 0. The van der Waals surface area contributed by atoms with Gasteiger partial charge in [0.1, 0.15) is 12.7 Å². The normalized spacial score (nSPS) is 8.00. The molecule has 0 bridgehead atoms. The summed E-state index contributed by atoms with van der Waals surface area (Å²) < 4.78 is 4.01. The van der Waals surface area contributed by atoms with Crippen LogP contribution in [0.15, 0.2) is 12.7 Å². The predicted molar refractivity (Wildman–Crippen MR) is 32.0 cm³/mol. The van der Waals surface area contributed by atoms with Crippen LogP contribution in [-0.4, -0.2) is 18.2 Å². The maximum absolute atomic E-state index is 10.3. The molecule has 0 amide bonds. The van der Waals surface area contributed by atoms with Crippen LogP contribution < -0.4 is 0 Å². The SMILES string of the molecule is C=CC(=O)OC(=O)CC=O. The van der Waals surface area contributed by atoms with E-state index in [0.29, 0.717) is 6.29 Å². The predicted octanol–water partition coefficient (Wildman–Crippen LogP) is -0.169. The van der Waals surface area contributed by atoms with E-state index >= 15 is 0 Å². The fourth-order valence-electron chi connectivity index (χ4n) is 0.264. The third-order valence-electron chi connectivity index (χ3n) is 0.631. The van der Waals surface area contributed by atoms with E-state index < -0.39 is 18.4 Å². The Bertz CT molecular complexity index is 171. The van der Waals surface area contributed by atoms with E-state index in [2.05, 4.69) is 11.3 Å². The molecule has 0 aliphatic heterocycles. The van der Waals surface area contributed by atoms with Gasteiger partial charge in [-0.15, -0.1) is 0 Å². The maximum atomic E-state index is 10.3. The second kappa shape index (κ2) is 4.43. The van der Waals surface area contributed by atoms with Gasteiger partial charge in [0.25, 0.3) is 0 Å². The van der Waals surface area contributed by atoms with Crippen LogP contribution in [0.2, 0.25) is 0 Å². The van der Waals surface area contributed by atoms with E-state index in [1.165, 1.54) is 0 Å². The Balaban J connectivity index is 3.67. The zero-order valence-corrected chi connectivity index (χ0v) is 5.20. The van der Waals surface area contributed by atoms with Crippen LogP contribution in [0.1, 0.15) is 6.42 Å². The Kier molecular flexibility index (Phi) is 3.79. The monoisotopic (exact) mass is 142 g/mol. The van der Waals surface area contributed by atoms with Crippen LogP contribution >= 0.6 is 0 Å². The molecule has 0 aliphatic rings. The fraction of sp³-hybridized carbons (Fsp3) is 0.167. The largest absolute Gasteiger partial charge is 0.390 e. The van der Waals surface area contributed by atoms with Crippen LogP contribution in [-0.2, 0) is 19.1 Å². The van der Waals surface area contributed by atoms with E-state index in [1.54, 1.807) is 0 Å². The maximum Gasteiger partial charge on any atom is 0.337 e. The van der Waals surface area contributed by atoms with Crippen LogP contribution in [0.5, 0.6) is 0 Å². The van der Waals surface area contributed by atoms with Crippen molar-refractivity contribution in [2.45, 2.75) is 6.42 Å². The summed E-state index contributed by atoms with van der Waals surface area (Å²) in [6, 6.07) is 0. The molecule has 0 fully saturated rings. The lowest BCUT2D eigenvalue weighted by molar-refractivity contribution is -0.156. The van der Waals surface area contributed by atoms with Gasteiger partial charge in [-0.3, -0.25) is 4.79 Å². The summed E-state index contributed by atoms with van der Waals surface area (Å²) in [5.41, 5.74) is 0. The average molecular weight is 142 g/mol. The summed E-state index contributed by atoms with van der Waals surface area (Å²) >= 11 is 0. The molecule has 0 spiro atoms. The molecule has 54 valence electrons. The second-order valence-corrected chi connectivity index (χ2v) is 1.37. The molecule has 0 saturated heterocycles. The zero-order valence-electron chi connectivity index (χ0n) is 5.20. The molecule has 0 atom stereocenters. The van der Waals surface area contributed by atoms with Crippen molar-refractivity contribution in [3.05, 3.63) is 12.7 Å². The number of carbonyl (C=O) groups is 3. The number of rotatable bonds is 3. The van der Waals surface area contributed by atoms with Gasteiger partial charge in [0.15, 0.2) is 0 Å². The van der Waals surface area contributed by atoms with Crippen LogP contribution in [0.3, 0.4) is 0 Å². The molecule has 0 aromatic rings. The average Bonchev–Trinajstić information content (AvgIpc) is 1.88. The van der Waals surface area contributed by atoms with E-state index in [1.807, 2.05) is 0 Å². The van der Waals surface area contributed by atoms with Crippen molar-refractivity contribution in [1.29, 1.82) is 0 Å². The number of hydrogen-bond donors (Lipinski definition) is 0. The highest BCUT2D eigenvalue weighted by atomic mass is 16.6. The minimum atomic E-state index is -0.861. The van der Waals surface area contributed by atoms with E-state index in [-0.39, 0.29) is 0 Å². The van der Waals surface area contributed by atoms with Gasteiger partial charge in [-0.25, -0.2) is 4.79 Å². The molecule has 0 rings (SSSR count). The molecular formula is C6H6O4. The Hall–Kier alpha value is -1.45. The first kappa shape index (κ1) is 8.55. The molecule has 0 aromatic carbocycles. The third-order valence-corrected chi connectivity index (χ3v) is 0.631. The van der Waals surface area contributed by atoms with Gasteiger partial charge in [0.2, 0.25) is 0 Å². The molecular weight excluding hydrogens is 136 g/mol. The van der Waals surface area contributed by atoms with Crippen molar-refractivity contribution >= 4 is 18.2 Å². The minimum absolute atomic E-state index is 0.360. The van der Waals surface area contributed by atoms with Crippen molar-refractivity contribution in [2.75, 3.05) is 0 Å². The Labute approximate surface area is 57.5 Å². The van der Waals surface area contributed by atoms with Crippen LogP contribution in [0.4, 0.5) is 0 Å². The Morgan fingerprint density at radius 3 is 2.50 bits per heavy atom. The molecule has 4 nitrogen and oxygen atoms in total. The van der Waals surface area contributed by atoms with Gasteiger partial charge in [-0.05, 0) is 0 Å². The van der Waals surface area contributed by atoms with Crippen LogP contribution in [0, 0.1) is 0 Å². The van der Waals surface area contributed by atoms with Gasteiger partial charge in [0, 0.05) is 6.08 Å². The van der Waals surface area contributed by atoms with Crippen molar-refractivity contribution in [3.8, 4) is 0 Å². The summed E-state index contributed by atoms with van der Waals surface area (Å²) in [7, 11) is 0. The van der Waals surface area contributed by atoms with Crippen LogP contribution in [0.25, 0.3) is 0 Å². The van der Waals surface area contributed by atoms with Gasteiger partial charge in [-0.1, -0.05) is 6.58 Å². The topological polar surface area (TPSA) is 60.4 Å². The molecule has 0 radical (unpaired) electrons. The van der Waals surface area contributed by atoms with Crippen molar-refractivity contribution in [1.82, 2.24) is 0 Å². The quantitative estimate of drug-likeness (QED) is 0.237. The highest BCUT2D eigenvalue weighted by Gasteiger charge is 2.04. The molecule has 4 heteroatoms. The zero-order chi connectivity index (χ0) is 7.98. The molecule has 10 heavy (non-hydrogen) atoms. The lowest BCUT2D eigenvalue weighted by atomic mass is 10.5. The Morgan fingerprint density at radius 2 is 2.10 bits per heavy atom. The second-order valence-electron chi connectivity index (χ2n) is 1.37. The standard InChI is InChI=1S/C6H6O4/c1-2-5(8)10-6(9)3-4-7/h2,4H,1,3H2. The fourth-order valence-corrected chi connectivity index (χ4v) is 0.264. The molecule has 0 heterocycles. The van der Waals surface area contributed by atoms with E-state index in [9.17, 15) is 14.4 Å². The van der Waals surface area contributed by atoms with Crippen molar-refractivity contribution < 1.29 is 19.1 Å². The molecule has 0 aliphatic carbocycles. The number of hydrogen-bond acceptors (Lipinski definition) is 4. The summed E-state index contributed by atoms with van der Waals surface area (Å²) in [4.78, 5) is 30.2. The highest BCUT2D eigenvalue weighted by molar-refractivity contribution is 5.95. The van der Waals surface area contributed by atoms with Crippen molar-refractivity contribution in [3.63, 3.8) is 0 Å². The molecule has 0 N–H and O–H groups in total. The first-order valence-electron chi connectivity index (χ1n) is 2.51. The third kappa shape index (κ3) is 3.54. The number of carbonyl (C=O) groups excluding carboxylic acids is 3. The summed E-state index contributed by atoms with van der Waals surface area (Å²) in [6.07, 6.45) is 0.807. The smallest absolute Gasteiger partial charge is 0.337 e. The Morgan fingerprint density at radius 1 is 1.50 bits per heavy atom. The summed E-state index contributed by atoms with van der Waals surface area (Å²) in [6.45, 7) is 3.06. The van der Waals surface area contributed by atoms with Crippen molar-refractivity contribution in [2.24, 2.45) is 0 Å². The first-order valence-corrected chi connectivity index (χ1v) is 2.51. The van der Waals surface area contributed by atoms with Gasteiger partial charge < -0.3 is 9.53 Å². The van der Waals surface area contributed by atoms with E-state index in [0.717, 1.165) is 6.08 Å². The van der Waals surface area contributed by atoms with Gasteiger partial charge in [0.05, 0.1) is 0 Å². The van der Waals surface area contributed by atoms with Gasteiger partial charge >= 0.3 is 11.9 Å². The first-order chi connectivity index (χ1) is 4.70. The van der Waals surface area contributed by atoms with E-state index in [4.69, 9.17) is 0 Å². The highest BCUT2D eigenvalue weighted by Crippen LogP contribution is 1.84. The number of esters is 2. The number of ether oxygens (including phenoxy) is 1. The molecule has 0 aromatic heterocycles. The molecule has 0 saturated carbocycles. The summed E-state index contributed by atoms with van der Waals surface area (Å²) in [5.74, 6) is -1.70. The lowest BCUT2D eigenvalue weighted by Gasteiger charge is -1.92. The lowest BCUT2D eigenvalue weighted by Crippen LogP contribution is -2.09. The molecule has 0 unspecified atom stereocenters. The van der Waals surface area contributed by atoms with Gasteiger partial charge in [-0.2, -0.15) is 0 Å². The minimum Gasteiger partial charge on any atom is -0.390 e. The number of aldehydes is 1.